The van der Waals surface area contributed by atoms with Crippen LogP contribution in [0.5, 0.6) is 5.75 Å². The molecule has 1 aliphatic heterocycles. The maximum Gasteiger partial charge on any atom is 0.374 e. The molecule has 4 nitrogen and oxygen atoms in total. The molecule has 0 bridgehead atoms. The van der Waals surface area contributed by atoms with Crippen molar-refractivity contribution in [3.05, 3.63) is 120 Å². The number of benzene rings is 4. The second kappa shape index (κ2) is 11.3. The minimum atomic E-state index is 0.816. The first kappa shape index (κ1) is 25.7. The van der Waals surface area contributed by atoms with E-state index < -0.39 is 0 Å². The third kappa shape index (κ3) is 4.93. The summed E-state index contributed by atoms with van der Waals surface area (Å²) in [6.45, 7) is 8.24. The van der Waals surface area contributed by atoms with Crippen molar-refractivity contribution < 1.29 is 13.7 Å². The van der Waals surface area contributed by atoms with Gasteiger partial charge in [-0.25, -0.2) is 0 Å². The number of fused-ring (bicyclic) bond motifs is 2. The van der Waals surface area contributed by atoms with Crippen LogP contribution in [0, 0.1) is 0 Å². The Hall–Kier alpha value is -4.57. The minimum absolute atomic E-state index is 0.816. The molecule has 40 heavy (non-hydrogen) atoms. The Kier molecular flexibility index (Phi) is 7.24. The molecule has 0 atom stereocenters. The van der Waals surface area contributed by atoms with Crippen molar-refractivity contribution >= 4 is 22.9 Å². The Morgan fingerprint density at radius 2 is 1.45 bits per heavy atom. The normalized spacial score (nSPS) is 14.1. The first-order valence-electron chi connectivity index (χ1n) is 14.3. The Morgan fingerprint density at radius 1 is 0.775 bits per heavy atom. The third-order valence-electron chi connectivity index (χ3n) is 7.46. The molecule has 200 valence electrons. The predicted octanol–water partition coefficient (Wildman–Crippen LogP) is 9.02. The highest BCUT2D eigenvalue weighted by Gasteiger charge is 2.27. The van der Waals surface area contributed by atoms with Crippen molar-refractivity contribution in [3.8, 4) is 28.0 Å². The summed E-state index contributed by atoms with van der Waals surface area (Å²) in [6.07, 6.45) is 6.20. The SMILES string of the molecule is CCC[n+]1c(/C=C(\C=C2\Oc3ccc(-c4ccccc4)cc3N2CC)CC)oc2ccc(-c3ccccc3)cc21. The second-order valence-corrected chi connectivity index (χ2v) is 10.1. The van der Waals surface area contributed by atoms with Gasteiger partial charge in [0.25, 0.3) is 5.52 Å². The van der Waals surface area contributed by atoms with E-state index in [1.807, 2.05) is 6.07 Å². The van der Waals surface area contributed by atoms with E-state index in [4.69, 9.17) is 9.15 Å². The molecule has 0 N–H and O–H groups in total. The zero-order valence-corrected chi connectivity index (χ0v) is 23.4. The van der Waals surface area contributed by atoms with E-state index in [0.717, 1.165) is 65.8 Å². The quantitative estimate of drug-likeness (QED) is 0.189. The van der Waals surface area contributed by atoms with Gasteiger partial charge in [0.1, 0.15) is 0 Å². The molecule has 6 rings (SSSR count). The number of anilines is 1. The fourth-order valence-electron chi connectivity index (χ4n) is 5.38. The number of hydrogen-bond donors (Lipinski definition) is 0. The van der Waals surface area contributed by atoms with E-state index in [-0.39, 0.29) is 0 Å². The summed E-state index contributed by atoms with van der Waals surface area (Å²) in [5, 5.41) is 0. The molecule has 0 fully saturated rings. The zero-order valence-electron chi connectivity index (χ0n) is 23.4. The van der Waals surface area contributed by atoms with Crippen molar-refractivity contribution in [2.24, 2.45) is 0 Å². The maximum absolute atomic E-state index is 6.42. The molecule has 0 saturated carbocycles. The van der Waals surface area contributed by atoms with E-state index >= 15 is 0 Å². The highest BCUT2D eigenvalue weighted by molar-refractivity contribution is 5.79. The average molecular weight is 528 g/mol. The number of aromatic nitrogens is 1. The molecule has 1 aliphatic rings. The van der Waals surface area contributed by atoms with Crippen molar-refractivity contribution in [3.63, 3.8) is 0 Å². The van der Waals surface area contributed by atoms with E-state index in [2.05, 4.69) is 133 Å². The highest BCUT2D eigenvalue weighted by Crippen LogP contribution is 2.42. The molecule has 2 heterocycles. The summed E-state index contributed by atoms with van der Waals surface area (Å²) in [5.41, 5.74) is 9.05. The van der Waals surface area contributed by atoms with Crippen molar-refractivity contribution in [2.45, 2.75) is 40.2 Å². The lowest BCUT2D eigenvalue weighted by molar-refractivity contribution is -0.678. The van der Waals surface area contributed by atoms with Gasteiger partial charge in [0.05, 0.1) is 11.8 Å². The van der Waals surface area contributed by atoms with Gasteiger partial charge >= 0.3 is 5.89 Å². The first-order chi connectivity index (χ1) is 19.7. The summed E-state index contributed by atoms with van der Waals surface area (Å²) in [5.74, 6) is 2.60. The molecule has 4 heteroatoms. The molecule has 0 amide bonds. The van der Waals surface area contributed by atoms with Gasteiger partial charge in [-0.05, 0) is 59.4 Å². The summed E-state index contributed by atoms with van der Waals surface area (Å²) in [6, 6.07) is 33.9. The van der Waals surface area contributed by atoms with Crippen molar-refractivity contribution in [2.75, 3.05) is 11.4 Å². The van der Waals surface area contributed by atoms with Gasteiger partial charge in [-0.2, -0.15) is 4.57 Å². The minimum Gasteiger partial charge on any atom is -0.439 e. The number of allylic oxidation sites excluding steroid dienone is 2. The standard InChI is InChI=1S/C36H35N2O2/c1-4-21-38-32-25-30(28-15-11-8-12-16-28)18-20-34(32)40-36(38)23-26(5-2)22-35-37(6-3)31-24-29(17-19-33(31)39-35)27-13-9-7-10-14-27/h7-20,22-25H,4-6,21H2,1-3H3/q+1. The molecule has 0 aliphatic carbocycles. The monoisotopic (exact) mass is 527 g/mol. The number of oxazole rings is 1. The molecule has 0 saturated heterocycles. The van der Waals surface area contributed by atoms with Gasteiger partial charge in [0.2, 0.25) is 11.5 Å². The van der Waals surface area contributed by atoms with Crippen LogP contribution in [0.4, 0.5) is 5.69 Å². The van der Waals surface area contributed by atoms with Crippen LogP contribution in [0.25, 0.3) is 39.4 Å². The topological polar surface area (TPSA) is 29.5 Å². The number of aryl methyl sites for hydroxylation is 1. The van der Waals surface area contributed by atoms with Crippen LogP contribution in [0.2, 0.25) is 0 Å². The van der Waals surface area contributed by atoms with Crippen LogP contribution in [0.15, 0.2) is 119 Å². The lowest BCUT2D eigenvalue weighted by atomic mass is 10.0. The van der Waals surface area contributed by atoms with Gasteiger partial charge in [-0.1, -0.05) is 86.6 Å². The highest BCUT2D eigenvalue weighted by atomic mass is 16.5. The Morgan fingerprint density at radius 3 is 2.10 bits per heavy atom. The predicted molar refractivity (Wildman–Crippen MR) is 164 cm³/mol. The van der Waals surface area contributed by atoms with Crippen LogP contribution >= 0.6 is 0 Å². The van der Waals surface area contributed by atoms with E-state index in [0.29, 0.717) is 0 Å². The van der Waals surface area contributed by atoms with E-state index in [9.17, 15) is 0 Å². The van der Waals surface area contributed by atoms with Crippen LogP contribution in [0.1, 0.15) is 39.5 Å². The third-order valence-corrected chi connectivity index (χ3v) is 7.46. The van der Waals surface area contributed by atoms with Crippen LogP contribution in [-0.4, -0.2) is 6.54 Å². The number of hydrogen-bond acceptors (Lipinski definition) is 3. The van der Waals surface area contributed by atoms with Gasteiger partial charge in [-0.15, -0.1) is 0 Å². The Labute approximate surface area is 236 Å². The van der Waals surface area contributed by atoms with Gasteiger partial charge in [0, 0.05) is 25.1 Å². The molecule has 4 aromatic carbocycles. The molecule has 0 radical (unpaired) electrons. The Bertz CT molecular complexity index is 1700. The van der Waals surface area contributed by atoms with Crippen molar-refractivity contribution in [1.29, 1.82) is 0 Å². The Balaban J connectivity index is 1.36. The molecule has 0 spiro atoms. The average Bonchev–Trinajstić information content (AvgIpc) is 3.53. The smallest absolute Gasteiger partial charge is 0.374 e. The summed E-state index contributed by atoms with van der Waals surface area (Å²) < 4.78 is 15.1. The van der Waals surface area contributed by atoms with Crippen LogP contribution < -0.4 is 14.2 Å². The fourth-order valence-corrected chi connectivity index (χ4v) is 5.38. The molecular weight excluding hydrogens is 492 g/mol. The maximum atomic E-state index is 6.42. The zero-order chi connectivity index (χ0) is 27.5. The number of ether oxygens (including phenoxy) is 1. The largest absolute Gasteiger partial charge is 0.439 e. The van der Waals surface area contributed by atoms with E-state index in [1.165, 1.54) is 22.3 Å². The fraction of sp³-hybridized carbons (Fsp3) is 0.194. The molecule has 5 aromatic rings. The summed E-state index contributed by atoms with van der Waals surface area (Å²) in [7, 11) is 0. The second-order valence-electron chi connectivity index (χ2n) is 10.1. The van der Waals surface area contributed by atoms with Gasteiger partial charge < -0.3 is 14.1 Å². The van der Waals surface area contributed by atoms with Gasteiger partial charge in [0.15, 0.2) is 12.3 Å². The number of rotatable bonds is 8. The summed E-state index contributed by atoms with van der Waals surface area (Å²) >= 11 is 0. The number of nitrogens with zero attached hydrogens (tertiary/aromatic N) is 2. The molecule has 1 aromatic heterocycles. The van der Waals surface area contributed by atoms with Crippen molar-refractivity contribution in [1.82, 2.24) is 0 Å². The van der Waals surface area contributed by atoms with Crippen LogP contribution in [-0.2, 0) is 6.54 Å². The lowest BCUT2D eigenvalue weighted by Crippen LogP contribution is -2.35. The lowest BCUT2D eigenvalue weighted by Gasteiger charge is -2.16. The first-order valence-corrected chi connectivity index (χ1v) is 14.3. The van der Waals surface area contributed by atoms with Gasteiger partial charge in [-0.3, -0.25) is 0 Å². The molecular formula is C36H35N2O2+. The summed E-state index contributed by atoms with van der Waals surface area (Å²) in [4.78, 5) is 2.25. The van der Waals surface area contributed by atoms with E-state index in [1.54, 1.807) is 0 Å². The molecule has 0 unspecified atom stereocenters. The van der Waals surface area contributed by atoms with Crippen LogP contribution in [0.3, 0.4) is 0 Å².